The fourth-order valence-corrected chi connectivity index (χ4v) is 2.51. The Morgan fingerprint density at radius 2 is 2.35 bits per heavy atom. The van der Waals surface area contributed by atoms with E-state index in [2.05, 4.69) is 17.6 Å². The van der Waals surface area contributed by atoms with Crippen LogP contribution in [-0.2, 0) is 4.79 Å². The number of carbonyl (C=O) groups excluding carboxylic acids is 1. The molecular weight excluding hydrogens is 276 g/mol. The molecule has 110 valence electrons. The minimum Gasteiger partial charge on any atom is -0.491 e. The first-order valence-corrected chi connectivity index (χ1v) is 7.46. The molecule has 1 aromatic rings. The van der Waals surface area contributed by atoms with Gasteiger partial charge in [-0.1, -0.05) is 25.4 Å². The summed E-state index contributed by atoms with van der Waals surface area (Å²) >= 11 is 6.00. The molecule has 2 atom stereocenters. The molecule has 1 saturated heterocycles. The number of rotatable bonds is 5. The molecule has 4 nitrogen and oxygen atoms in total. The van der Waals surface area contributed by atoms with Gasteiger partial charge in [0.05, 0.1) is 18.3 Å². The predicted octanol–water partition coefficient (Wildman–Crippen LogP) is 3.07. The molecule has 5 heteroatoms. The summed E-state index contributed by atoms with van der Waals surface area (Å²) in [5, 5.41) is 6.72. The van der Waals surface area contributed by atoms with E-state index in [4.69, 9.17) is 16.3 Å². The lowest BCUT2D eigenvalue weighted by atomic mass is 10.0. The first kappa shape index (κ1) is 15.1. The number of ether oxygens (including phenoxy) is 1. The minimum atomic E-state index is -0.145. The van der Waals surface area contributed by atoms with Gasteiger partial charge in [0.2, 0.25) is 5.91 Å². The van der Waals surface area contributed by atoms with Gasteiger partial charge in [-0.05, 0) is 43.5 Å². The number of anilines is 1. The van der Waals surface area contributed by atoms with Gasteiger partial charge in [0.25, 0.3) is 0 Å². The van der Waals surface area contributed by atoms with E-state index in [9.17, 15) is 4.79 Å². The van der Waals surface area contributed by atoms with Gasteiger partial charge in [0.15, 0.2) is 0 Å². The van der Waals surface area contributed by atoms with Crippen molar-refractivity contribution in [2.45, 2.75) is 32.7 Å². The maximum atomic E-state index is 12.3. The summed E-state index contributed by atoms with van der Waals surface area (Å²) in [5.74, 6) is 0.975. The molecule has 1 aliphatic rings. The summed E-state index contributed by atoms with van der Waals surface area (Å²) < 4.78 is 5.64. The summed E-state index contributed by atoms with van der Waals surface area (Å²) in [6.45, 7) is 5.62. The number of hydrogen-bond donors (Lipinski definition) is 2. The highest BCUT2D eigenvalue weighted by atomic mass is 35.5. The van der Waals surface area contributed by atoms with E-state index in [1.165, 1.54) is 0 Å². The normalized spacial score (nSPS) is 21.8. The maximum absolute atomic E-state index is 12.3. The highest BCUT2D eigenvalue weighted by molar-refractivity contribution is 6.31. The van der Waals surface area contributed by atoms with Crippen LogP contribution in [0.3, 0.4) is 0 Å². The molecule has 0 aromatic heterocycles. The summed E-state index contributed by atoms with van der Waals surface area (Å²) in [5.41, 5.74) is 0.636. The zero-order valence-corrected chi connectivity index (χ0v) is 12.7. The van der Waals surface area contributed by atoms with Crippen molar-refractivity contribution in [3.8, 4) is 5.75 Å². The fraction of sp³-hybridized carbons (Fsp3) is 0.533. The minimum absolute atomic E-state index is 0.0291. The summed E-state index contributed by atoms with van der Waals surface area (Å²) in [4.78, 5) is 12.3. The van der Waals surface area contributed by atoms with Crippen LogP contribution in [0.25, 0.3) is 0 Å². The van der Waals surface area contributed by atoms with Crippen LogP contribution in [0.2, 0.25) is 5.02 Å². The van der Waals surface area contributed by atoms with E-state index in [0.29, 0.717) is 29.0 Å². The molecule has 0 bridgehead atoms. The van der Waals surface area contributed by atoms with Crippen molar-refractivity contribution in [3.63, 3.8) is 0 Å². The molecule has 0 saturated carbocycles. The monoisotopic (exact) mass is 296 g/mol. The van der Waals surface area contributed by atoms with Crippen molar-refractivity contribution in [1.29, 1.82) is 0 Å². The smallest absolute Gasteiger partial charge is 0.241 e. The number of hydrogen-bond acceptors (Lipinski definition) is 3. The largest absolute Gasteiger partial charge is 0.491 e. The van der Waals surface area contributed by atoms with Crippen LogP contribution >= 0.6 is 11.6 Å². The molecule has 2 unspecified atom stereocenters. The maximum Gasteiger partial charge on any atom is 0.241 e. The average Bonchev–Trinajstić information content (AvgIpc) is 2.84. The highest BCUT2D eigenvalue weighted by Gasteiger charge is 2.29. The third-order valence-electron chi connectivity index (χ3n) is 3.48. The van der Waals surface area contributed by atoms with E-state index in [-0.39, 0.29) is 11.9 Å². The van der Waals surface area contributed by atoms with Crippen molar-refractivity contribution in [2.75, 3.05) is 18.5 Å². The van der Waals surface area contributed by atoms with Crippen molar-refractivity contribution in [1.82, 2.24) is 5.32 Å². The van der Waals surface area contributed by atoms with Crippen LogP contribution in [0.15, 0.2) is 18.2 Å². The average molecular weight is 297 g/mol. The molecule has 2 N–H and O–H groups in total. The molecule has 0 aliphatic carbocycles. The molecule has 1 fully saturated rings. The third-order valence-corrected chi connectivity index (χ3v) is 3.71. The number of carbonyl (C=O) groups is 1. The van der Waals surface area contributed by atoms with Gasteiger partial charge < -0.3 is 15.4 Å². The summed E-state index contributed by atoms with van der Waals surface area (Å²) in [6, 6.07) is 5.13. The van der Waals surface area contributed by atoms with E-state index in [1.807, 2.05) is 6.92 Å². The van der Waals surface area contributed by atoms with Gasteiger partial charge in [-0.15, -0.1) is 0 Å². The van der Waals surface area contributed by atoms with E-state index in [0.717, 1.165) is 19.4 Å². The first-order valence-electron chi connectivity index (χ1n) is 7.08. The van der Waals surface area contributed by atoms with Crippen LogP contribution in [-0.4, -0.2) is 25.1 Å². The Balaban J connectivity index is 2.10. The van der Waals surface area contributed by atoms with E-state index < -0.39 is 0 Å². The Hall–Kier alpha value is -1.26. The quantitative estimate of drug-likeness (QED) is 0.878. The molecule has 1 aliphatic heterocycles. The molecule has 1 heterocycles. The van der Waals surface area contributed by atoms with Gasteiger partial charge in [-0.3, -0.25) is 4.79 Å². The first-order chi connectivity index (χ1) is 9.61. The Kier molecular flexibility index (Phi) is 5.26. The molecule has 0 spiro atoms. The van der Waals surface area contributed by atoms with Crippen LogP contribution < -0.4 is 15.4 Å². The lowest BCUT2D eigenvalue weighted by molar-refractivity contribution is -0.118. The molecule has 20 heavy (non-hydrogen) atoms. The topological polar surface area (TPSA) is 50.4 Å². The summed E-state index contributed by atoms with van der Waals surface area (Å²) in [6.07, 6.45) is 1.93. The van der Waals surface area contributed by atoms with Crippen molar-refractivity contribution < 1.29 is 9.53 Å². The number of benzene rings is 1. The second-order valence-corrected chi connectivity index (χ2v) is 5.61. The van der Waals surface area contributed by atoms with E-state index >= 15 is 0 Å². The Bertz CT molecular complexity index is 479. The van der Waals surface area contributed by atoms with Gasteiger partial charge in [-0.25, -0.2) is 0 Å². The lowest BCUT2D eigenvalue weighted by Crippen LogP contribution is -2.39. The van der Waals surface area contributed by atoms with Crippen molar-refractivity contribution in [3.05, 3.63) is 23.2 Å². The Morgan fingerprint density at radius 1 is 1.55 bits per heavy atom. The van der Waals surface area contributed by atoms with Crippen LogP contribution in [0, 0.1) is 5.92 Å². The second kappa shape index (κ2) is 6.95. The fourth-order valence-electron chi connectivity index (χ4n) is 2.33. The molecule has 1 aromatic carbocycles. The van der Waals surface area contributed by atoms with Crippen LogP contribution in [0.4, 0.5) is 5.69 Å². The van der Waals surface area contributed by atoms with Crippen molar-refractivity contribution in [2.24, 2.45) is 5.92 Å². The molecule has 0 radical (unpaired) electrons. The van der Waals surface area contributed by atoms with Crippen molar-refractivity contribution >= 4 is 23.2 Å². The van der Waals surface area contributed by atoms with Crippen LogP contribution in [0.1, 0.15) is 26.7 Å². The van der Waals surface area contributed by atoms with Crippen LogP contribution in [0.5, 0.6) is 5.75 Å². The molecular formula is C15H21ClN2O2. The zero-order chi connectivity index (χ0) is 14.5. The van der Waals surface area contributed by atoms with Gasteiger partial charge in [0.1, 0.15) is 5.75 Å². The van der Waals surface area contributed by atoms with Gasteiger partial charge in [0, 0.05) is 5.02 Å². The predicted molar refractivity (Wildman–Crippen MR) is 81.4 cm³/mol. The number of halogens is 1. The van der Waals surface area contributed by atoms with E-state index in [1.54, 1.807) is 18.2 Å². The molecule has 1 amide bonds. The van der Waals surface area contributed by atoms with Gasteiger partial charge >= 0.3 is 0 Å². The number of nitrogens with one attached hydrogen (secondary N) is 2. The summed E-state index contributed by atoms with van der Waals surface area (Å²) in [7, 11) is 0. The SMILES string of the molecule is CCCOc1ccc(Cl)cc1NC(=O)C1NCCC1C. The number of amides is 1. The zero-order valence-electron chi connectivity index (χ0n) is 11.9. The second-order valence-electron chi connectivity index (χ2n) is 5.18. The van der Waals surface area contributed by atoms with Gasteiger partial charge in [-0.2, -0.15) is 0 Å². The standard InChI is InChI=1S/C15H21ClN2O2/c1-3-8-20-13-5-4-11(16)9-12(13)18-15(19)14-10(2)6-7-17-14/h4-5,9-10,14,17H,3,6-8H2,1-2H3,(H,18,19). The Labute approximate surface area is 124 Å². The highest BCUT2D eigenvalue weighted by Crippen LogP contribution is 2.29. The third kappa shape index (κ3) is 3.64. The molecule has 2 rings (SSSR count). The lowest BCUT2D eigenvalue weighted by Gasteiger charge is -2.17. The Morgan fingerprint density at radius 3 is 3.00 bits per heavy atom.